The molecule has 0 bridgehead atoms. The van der Waals surface area contributed by atoms with Crippen molar-refractivity contribution >= 4 is 19.7 Å². The smallest absolute Gasteiger partial charge is 0.463 e. The molecule has 0 radical (unpaired) electrons. The van der Waals surface area contributed by atoms with Crippen LogP contribution in [0.5, 0.6) is 0 Å². The highest BCUT2D eigenvalue weighted by molar-refractivity contribution is 7.47. The van der Waals surface area contributed by atoms with Gasteiger partial charge in [-0.1, -0.05) is 143 Å². The lowest BCUT2D eigenvalue weighted by Crippen LogP contribution is -2.27. The van der Waals surface area contributed by atoms with E-state index in [-0.39, 0.29) is 32.1 Å². The van der Waals surface area contributed by atoms with Crippen molar-refractivity contribution in [1.29, 1.82) is 0 Å². The van der Waals surface area contributed by atoms with Crippen molar-refractivity contribution in [2.24, 2.45) is 0 Å². The molecule has 0 saturated heterocycles. The molecule has 0 saturated carbocycles. The average Bonchev–Trinajstić information content (AvgIpc) is 3.20. The van der Waals surface area contributed by atoms with Gasteiger partial charge in [0.25, 0.3) is 0 Å². The molecule has 0 aromatic heterocycles. The maximum atomic E-state index is 12.1. The molecule has 324 valence electrons. The highest BCUT2D eigenvalue weighted by Gasteiger charge is 2.23. The van der Waals surface area contributed by atoms with E-state index in [1.807, 2.05) is 0 Å². The van der Waals surface area contributed by atoms with E-state index in [9.17, 15) is 24.2 Å². The highest BCUT2D eigenvalue weighted by Crippen LogP contribution is 2.42. The van der Waals surface area contributed by atoms with Crippen molar-refractivity contribution in [3.8, 4) is 0 Å². The summed E-state index contributed by atoms with van der Waals surface area (Å²) >= 11 is 0. The third-order valence-corrected chi connectivity index (χ3v) is 9.48. The Balaban J connectivity index is 3.73. The maximum absolute atomic E-state index is 12.1. The van der Waals surface area contributed by atoms with Gasteiger partial charge in [-0.05, 0) is 96.3 Å². The number of aliphatic hydroxyl groups is 1. The number of allylic oxidation sites excluding steroid dienone is 16. The van der Waals surface area contributed by atoms with E-state index in [4.69, 9.17) is 13.8 Å². The van der Waals surface area contributed by atoms with E-state index in [0.29, 0.717) is 12.8 Å². The topological polar surface area (TPSA) is 131 Å². The zero-order valence-corrected chi connectivity index (χ0v) is 36.4. The van der Waals surface area contributed by atoms with E-state index in [1.165, 1.54) is 25.7 Å². The van der Waals surface area contributed by atoms with Gasteiger partial charge >= 0.3 is 13.8 Å². The molecule has 0 rings (SSSR count). The SMILES string of the molecule is CC/C=C\C/C=C\C/C=C\C/C=C\C/C=C\C/C=C\CCCCC(=O)NCCOP(=O)(O)OCC(O)COC(=O)CCCCCCC/C=C\C/C=C\CCCCC. The van der Waals surface area contributed by atoms with E-state index < -0.39 is 26.5 Å². The number of carbonyl (C=O) groups excluding carboxylic acids is 2. The van der Waals surface area contributed by atoms with E-state index in [2.05, 4.69) is 116 Å². The van der Waals surface area contributed by atoms with Crippen LogP contribution in [0.3, 0.4) is 0 Å². The first-order chi connectivity index (χ1) is 27.8. The monoisotopic (exact) mass is 816 g/mol. The predicted octanol–water partition coefficient (Wildman–Crippen LogP) is 12.2. The molecule has 0 aromatic carbocycles. The summed E-state index contributed by atoms with van der Waals surface area (Å²) in [5.41, 5.74) is 0. The molecule has 3 N–H and O–H groups in total. The molecule has 1 amide bonds. The Kier molecular flexibility index (Phi) is 40.2. The summed E-state index contributed by atoms with van der Waals surface area (Å²) in [5, 5.41) is 12.7. The number of phosphoric acid groups is 1. The molecule has 57 heavy (non-hydrogen) atoms. The van der Waals surface area contributed by atoms with Gasteiger partial charge in [0.1, 0.15) is 12.7 Å². The molecule has 2 unspecified atom stereocenters. The number of hydrogen-bond donors (Lipinski definition) is 3. The molecule has 0 fully saturated rings. The van der Waals surface area contributed by atoms with Crippen LogP contribution in [0.25, 0.3) is 0 Å². The zero-order chi connectivity index (χ0) is 41.8. The van der Waals surface area contributed by atoms with E-state index >= 15 is 0 Å². The lowest BCUT2D eigenvalue weighted by atomic mass is 10.1. The Hall–Kier alpha value is -3.07. The molecule has 9 nitrogen and oxygen atoms in total. The number of aliphatic hydroxyl groups excluding tert-OH is 1. The van der Waals surface area contributed by atoms with Crippen LogP contribution < -0.4 is 5.32 Å². The van der Waals surface area contributed by atoms with Crippen molar-refractivity contribution in [2.75, 3.05) is 26.4 Å². The number of carbonyl (C=O) groups is 2. The van der Waals surface area contributed by atoms with Gasteiger partial charge in [0.15, 0.2) is 0 Å². The average molecular weight is 816 g/mol. The third kappa shape index (κ3) is 43.9. The Morgan fingerprint density at radius 2 is 1.00 bits per heavy atom. The summed E-state index contributed by atoms with van der Waals surface area (Å²) in [6, 6.07) is 0. The first-order valence-electron chi connectivity index (χ1n) is 21.7. The summed E-state index contributed by atoms with van der Waals surface area (Å²) in [6.45, 7) is 3.31. The number of nitrogens with one attached hydrogen (secondary N) is 1. The summed E-state index contributed by atoms with van der Waals surface area (Å²) in [7, 11) is -4.44. The first kappa shape index (κ1) is 53.9. The van der Waals surface area contributed by atoms with Gasteiger partial charge in [-0.3, -0.25) is 18.6 Å². The molecular weight excluding hydrogens is 737 g/mol. The number of unbranched alkanes of at least 4 members (excludes halogenated alkanes) is 10. The van der Waals surface area contributed by atoms with Gasteiger partial charge < -0.3 is 20.1 Å². The van der Waals surface area contributed by atoms with Gasteiger partial charge in [0, 0.05) is 19.4 Å². The minimum atomic E-state index is -4.44. The molecular formula is C47H78NO8P. The second-order valence-corrected chi connectivity index (χ2v) is 15.4. The van der Waals surface area contributed by atoms with Gasteiger partial charge in [0.05, 0.1) is 13.2 Å². The number of ether oxygens (including phenoxy) is 1. The van der Waals surface area contributed by atoms with Gasteiger partial charge in [-0.2, -0.15) is 0 Å². The quantitative estimate of drug-likeness (QED) is 0.0242. The van der Waals surface area contributed by atoms with Crippen molar-refractivity contribution in [2.45, 2.75) is 161 Å². The van der Waals surface area contributed by atoms with Crippen molar-refractivity contribution < 1.29 is 37.9 Å². The summed E-state index contributed by atoms with van der Waals surface area (Å²) in [5.74, 6) is -0.584. The molecule has 0 aliphatic rings. The van der Waals surface area contributed by atoms with Crippen LogP contribution in [0.15, 0.2) is 97.2 Å². The van der Waals surface area contributed by atoms with Crippen LogP contribution in [-0.4, -0.2) is 54.3 Å². The zero-order valence-electron chi connectivity index (χ0n) is 35.5. The number of hydrogen-bond acceptors (Lipinski definition) is 7. The first-order valence-corrected chi connectivity index (χ1v) is 23.2. The van der Waals surface area contributed by atoms with Crippen LogP contribution in [0.2, 0.25) is 0 Å². The molecule has 0 aliphatic heterocycles. The van der Waals surface area contributed by atoms with Crippen molar-refractivity contribution in [3.05, 3.63) is 97.2 Å². The van der Waals surface area contributed by atoms with Crippen molar-refractivity contribution in [1.82, 2.24) is 5.32 Å². The Morgan fingerprint density at radius 1 is 0.561 bits per heavy atom. The van der Waals surface area contributed by atoms with Crippen LogP contribution in [0.1, 0.15) is 155 Å². The minimum absolute atomic E-state index is 0.0498. The molecule has 0 aromatic rings. The van der Waals surface area contributed by atoms with Crippen LogP contribution in [0.4, 0.5) is 0 Å². The lowest BCUT2D eigenvalue weighted by molar-refractivity contribution is -0.147. The minimum Gasteiger partial charge on any atom is -0.463 e. The third-order valence-electron chi connectivity index (χ3n) is 8.50. The maximum Gasteiger partial charge on any atom is 0.472 e. The fourth-order valence-electron chi connectivity index (χ4n) is 5.23. The summed E-state index contributed by atoms with van der Waals surface area (Å²) < 4.78 is 26.8. The largest absolute Gasteiger partial charge is 0.472 e. The molecule has 10 heteroatoms. The molecule has 0 spiro atoms. The number of amides is 1. The summed E-state index contributed by atoms with van der Waals surface area (Å²) in [6.07, 6.45) is 54.8. The van der Waals surface area contributed by atoms with Crippen LogP contribution in [-0.2, 0) is 27.9 Å². The van der Waals surface area contributed by atoms with Crippen LogP contribution in [0, 0.1) is 0 Å². The number of rotatable bonds is 39. The fraction of sp³-hybridized carbons (Fsp3) is 0.617. The van der Waals surface area contributed by atoms with Crippen LogP contribution >= 0.6 is 7.82 Å². The standard InChI is InChI=1S/C47H78NO8P/c1-3-5-7-9-11-13-15-17-19-20-21-22-23-24-26-27-29-31-33-35-37-39-46(50)48-41-42-55-57(52,53)56-44-45(49)43-54-47(51)40-38-36-34-32-30-28-25-18-16-14-12-10-8-6-4-2/h5,7,11-14,17-19,21-22,24-26,29,31,45,49H,3-4,6,8-10,15-16,20,23,27-28,30,32-44H2,1-2H3,(H,48,50)(H,52,53)/b7-5-,13-11-,14-12-,19-17-,22-21-,25-18-,26-24-,31-29-. The normalized spacial score (nSPS) is 14.2. The predicted molar refractivity (Wildman–Crippen MR) is 238 cm³/mol. The number of phosphoric ester groups is 1. The summed E-state index contributed by atoms with van der Waals surface area (Å²) in [4.78, 5) is 33.9. The lowest BCUT2D eigenvalue weighted by Gasteiger charge is -2.15. The molecule has 0 aliphatic carbocycles. The molecule has 2 atom stereocenters. The van der Waals surface area contributed by atoms with Gasteiger partial charge in [-0.15, -0.1) is 0 Å². The van der Waals surface area contributed by atoms with Gasteiger partial charge in [0.2, 0.25) is 5.91 Å². The Labute approximate surface area is 346 Å². The van der Waals surface area contributed by atoms with Gasteiger partial charge in [-0.25, -0.2) is 4.57 Å². The molecule has 0 heterocycles. The van der Waals surface area contributed by atoms with E-state index in [0.717, 1.165) is 96.3 Å². The number of esters is 1. The fourth-order valence-corrected chi connectivity index (χ4v) is 5.99. The Morgan fingerprint density at radius 3 is 1.53 bits per heavy atom. The second-order valence-electron chi connectivity index (χ2n) is 13.9. The van der Waals surface area contributed by atoms with E-state index in [1.54, 1.807) is 0 Å². The highest BCUT2D eigenvalue weighted by atomic mass is 31.2. The van der Waals surface area contributed by atoms with Crippen molar-refractivity contribution in [3.63, 3.8) is 0 Å². The Bertz CT molecular complexity index is 1250. The second kappa shape index (κ2) is 42.5.